The standard InChI is InChI=1S/C25H29N7O2/c1-26-22-11-21(30-24-19(12-28-32(22)24)25(33)29-16-5-3-6-16)20-13-31(17-9-15(10-17)14-34-2)23-18(20)7-4-8-27-23/h4,7-8,11-13,15-17,26H,3,5-6,9-10,14H2,1-2H3,(H,29,33)/t15-,17+. The first-order valence-electron chi connectivity index (χ1n) is 12.0. The molecule has 2 aliphatic carbocycles. The van der Waals surface area contributed by atoms with E-state index >= 15 is 0 Å². The second-order valence-electron chi connectivity index (χ2n) is 9.44. The van der Waals surface area contributed by atoms with Crippen molar-refractivity contribution in [3.05, 3.63) is 42.4 Å². The van der Waals surface area contributed by atoms with Crippen LogP contribution in [0, 0.1) is 5.92 Å². The van der Waals surface area contributed by atoms with Crippen LogP contribution in [0.25, 0.3) is 27.9 Å². The zero-order valence-corrected chi connectivity index (χ0v) is 19.5. The highest BCUT2D eigenvalue weighted by atomic mass is 16.5. The Morgan fingerprint density at radius 3 is 2.85 bits per heavy atom. The summed E-state index contributed by atoms with van der Waals surface area (Å²) in [6, 6.07) is 6.68. The number of rotatable bonds is 7. The maximum Gasteiger partial charge on any atom is 0.256 e. The molecule has 0 spiro atoms. The van der Waals surface area contributed by atoms with Gasteiger partial charge in [0.2, 0.25) is 0 Å². The number of carbonyl (C=O) groups excluding carboxylic acids is 1. The lowest BCUT2D eigenvalue weighted by atomic mass is 9.80. The lowest BCUT2D eigenvalue weighted by Crippen LogP contribution is -2.39. The van der Waals surface area contributed by atoms with Gasteiger partial charge in [0.05, 0.1) is 11.9 Å². The summed E-state index contributed by atoms with van der Waals surface area (Å²) in [5.74, 6) is 1.25. The SMILES string of the molecule is CNc1cc(-c2cn([C@H]3C[C@@H](COC)C3)c3ncccc23)nc2c(C(=O)NC3CCC3)cnn12. The molecule has 2 aliphatic rings. The minimum absolute atomic E-state index is 0.117. The van der Waals surface area contributed by atoms with E-state index in [1.807, 2.05) is 25.4 Å². The molecule has 0 atom stereocenters. The minimum Gasteiger partial charge on any atom is -0.384 e. The Morgan fingerprint density at radius 1 is 1.26 bits per heavy atom. The summed E-state index contributed by atoms with van der Waals surface area (Å²) in [4.78, 5) is 22.6. The topological polar surface area (TPSA) is 98.4 Å². The fourth-order valence-electron chi connectivity index (χ4n) is 5.12. The first-order valence-corrected chi connectivity index (χ1v) is 12.0. The maximum absolute atomic E-state index is 13.0. The molecule has 0 bridgehead atoms. The molecule has 9 heteroatoms. The Kier molecular flexibility index (Phi) is 5.21. The third-order valence-electron chi connectivity index (χ3n) is 7.29. The number of carbonyl (C=O) groups is 1. The van der Waals surface area contributed by atoms with Gasteiger partial charge in [-0.3, -0.25) is 4.79 Å². The average Bonchev–Trinajstić information content (AvgIpc) is 3.39. The Morgan fingerprint density at radius 2 is 2.12 bits per heavy atom. The van der Waals surface area contributed by atoms with Crippen molar-refractivity contribution in [1.29, 1.82) is 0 Å². The second kappa shape index (κ2) is 8.39. The van der Waals surface area contributed by atoms with E-state index in [1.165, 1.54) is 0 Å². The van der Waals surface area contributed by atoms with Crippen molar-refractivity contribution in [2.45, 2.75) is 44.2 Å². The highest BCUT2D eigenvalue weighted by Crippen LogP contribution is 2.42. The number of pyridine rings is 1. The van der Waals surface area contributed by atoms with Crippen LogP contribution >= 0.6 is 0 Å². The normalized spacial score (nSPS) is 20.3. The highest BCUT2D eigenvalue weighted by molar-refractivity contribution is 6.01. The number of methoxy groups -OCH3 is 1. The number of anilines is 1. The van der Waals surface area contributed by atoms with Crippen molar-refractivity contribution in [3.63, 3.8) is 0 Å². The van der Waals surface area contributed by atoms with Crippen LogP contribution in [0.1, 0.15) is 48.5 Å². The molecule has 176 valence electrons. The van der Waals surface area contributed by atoms with Crippen LogP contribution in [0.15, 0.2) is 36.8 Å². The van der Waals surface area contributed by atoms with E-state index in [0.29, 0.717) is 23.2 Å². The van der Waals surface area contributed by atoms with E-state index in [9.17, 15) is 4.79 Å². The fraction of sp³-hybridized carbons (Fsp3) is 0.440. The van der Waals surface area contributed by atoms with Gasteiger partial charge < -0.3 is 19.9 Å². The fourth-order valence-corrected chi connectivity index (χ4v) is 5.12. The van der Waals surface area contributed by atoms with E-state index in [-0.39, 0.29) is 11.9 Å². The molecule has 2 saturated carbocycles. The van der Waals surface area contributed by atoms with Gasteiger partial charge in [-0.25, -0.2) is 9.97 Å². The molecule has 0 unspecified atom stereocenters. The van der Waals surface area contributed by atoms with Gasteiger partial charge in [-0.05, 0) is 50.2 Å². The number of nitrogens with zero attached hydrogens (tertiary/aromatic N) is 5. The van der Waals surface area contributed by atoms with Crippen molar-refractivity contribution < 1.29 is 9.53 Å². The van der Waals surface area contributed by atoms with E-state index in [1.54, 1.807) is 17.8 Å². The van der Waals surface area contributed by atoms with Gasteiger partial charge in [0.15, 0.2) is 5.65 Å². The molecule has 9 nitrogen and oxygen atoms in total. The van der Waals surface area contributed by atoms with Crippen LogP contribution in [-0.4, -0.2) is 56.9 Å². The van der Waals surface area contributed by atoms with Crippen LogP contribution in [0.4, 0.5) is 5.82 Å². The van der Waals surface area contributed by atoms with Crippen LogP contribution in [0.2, 0.25) is 0 Å². The number of aromatic nitrogens is 5. The minimum atomic E-state index is -0.117. The molecule has 6 rings (SSSR count). The molecular weight excluding hydrogens is 430 g/mol. The number of nitrogens with one attached hydrogen (secondary N) is 2. The molecule has 0 radical (unpaired) electrons. The number of ether oxygens (including phenoxy) is 1. The predicted octanol–water partition coefficient (Wildman–Crippen LogP) is 3.67. The molecule has 2 N–H and O–H groups in total. The third kappa shape index (κ3) is 3.42. The van der Waals surface area contributed by atoms with Crippen LogP contribution in [0.5, 0.6) is 0 Å². The lowest BCUT2D eigenvalue weighted by Gasteiger charge is -2.36. The quantitative estimate of drug-likeness (QED) is 0.438. The number of amides is 1. The molecule has 34 heavy (non-hydrogen) atoms. The summed E-state index contributed by atoms with van der Waals surface area (Å²) in [5.41, 5.74) is 3.80. The van der Waals surface area contributed by atoms with Crippen molar-refractivity contribution in [2.75, 3.05) is 26.1 Å². The number of hydrogen-bond donors (Lipinski definition) is 2. The van der Waals surface area contributed by atoms with Gasteiger partial charge in [-0.15, -0.1) is 0 Å². The molecule has 0 saturated heterocycles. The Balaban J connectivity index is 1.43. The Labute approximate surface area is 197 Å². The molecule has 2 fully saturated rings. The molecule has 1 amide bonds. The maximum atomic E-state index is 13.0. The largest absolute Gasteiger partial charge is 0.384 e. The number of fused-ring (bicyclic) bond motifs is 2. The molecule has 4 aromatic heterocycles. The van der Waals surface area contributed by atoms with Gasteiger partial charge >= 0.3 is 0 Å². The van der Waals surface area contributed by atoms with E-state index < -0.39 is 0 Å². The first-order chi connectivity index (χ1) is 16.7. The van der Waals surface area contributed by atoms with Crippen LogP contribution in [-0.2, 0) is 4.74 Å². The third-order valence-corrected chi connectivity index (χ3v) is 7.29. The highest BCUT2D eigenvalue weighted by Gasteiger charge is 2.32. The van der Waals surface area contributed by atoms with Gasteiger partial charge in [0.1, 0.15) is 17.0 Å². The zero-order valence-electron chi connectivity index (χ0n) is 19.5. The van der Waals surface area contributed by atoms with Crippen molar-refractivity contribution in [3.8, 4) is 11.3 Å². The van der Waals surface area contributed by atoms with Gasteiger partial charge in [-0.2, -0.15) is 9.61 Å². The summed E-state index contributed by atoms with van der Waals surface area (Å²) in [5, 5.41) is 11.8. The average molecular weight is 460 g/mol. The summed E-state index contributed by atoms with van der Waals surface area (Å²) in [6.07, 6.45) is 11.0. The second-order valence-corrected chi connectivity index (χ2v) is 9.44. The Bertz CT molecular complexity index is 1360. The molecule has 4 heterocycles. The lowest BCUT2D eigenvalue weighted by molar-refractivity contribution is 0.0791. The molecular formula is C25H29N7O2. The van der Waals surface area contributed by atoms with Gasteiger partial charge in [0, 0.05) is 62.3 Å². The van der Waals surface area contributed by atoms with Crippen molar-refractivity contribution in [1.82, 2.24) is 29.5 Å². The molecule has 0 aromatic carbocycles. The first kappa shape index (κ1) is 21.1. The van der Waals surface area contributed by atoms with Gasteiger partial charge in [-0.1, -0.05) is 0 Å². The molecule has 0 aliphatic heterocycles. The predicted molar refractivity (Wildman–Crippen MR) is 130 cm³/mol. The summed E-state index contributed by atoms with van der Waals surface area (Å²) in [6.45, 7) is 0.798. The smallest absolute Gasteiger partial charge is 0.256 e. The summed E-state index contributed by atoms with van der Waals surface area (Å²) >= 11 is 0. The monoisotopic (exact) mass is 459 g/mol. The van der Waals surface area contributed by atoms with Crippen LogP contribution in [0.3, 0.4) is 0 Å². The van der Waals surface area contributed by atoms with E-state index in [0.717, 1.165) is 66.8 Å². The summed E-state index contributed by atoms with van der Waals surface area (Å²) < 4.78 is 9.31. The van der Waals surface area contributed by atoms with Gasteiger partial charge in [0.25, 0.3) is 5.91 Å². The molecule has 4 aromatic rings. The van der Waals surface area contributed by atoms with E-state index in [2.05, 4.69) is 32.6 Å². The summed E-state index contributed by atoms with van der Waals surface area (Å²) in [7, 11) is 3.61. The van der Waals surface area contributed by atoms with E-state index in [4.69, 9.17) is 14.7 Å². The Hall–Kier alpha value is -3.46. The van der Waals surface area contributed by atoms with Crippen molar-refractivity contribution >= 4 is 28.4 Å². The number of hydrogen-bond acceptors (Lipinski definition) is 6. The van der Waals surface area contributed by atoms with Crippen molar-refractivity contribution in [2.24, 2.45) is 5.92 Å². The van der Waals surface area contributed by atoms with Crippen LogP contribution < -0.4 is 10.6 Å². The zero-order chi connectivity index (χ0) is 23.2.